The molecule has 2 amide bonds. The number of nitrogens with zero attached hydrogens (tertiary/aromatic N) is 1. The minimum absolute atomic E-state index is 0.00815. The zero-order valence-electron chi connectivity index (χ0n) is 16.7. The molecule has 1 aliphatic heterocycles. The molecule has 1 heterocycles. The average molecular weight is 407 g/mol. The lowest BCUT2D eigenvalue weighted by molar-refractivity contribution is -0.117. The second kappa shape index (κ2) is 7.99. The summed E-state index contributed by atoms with van der Waals surface area (Å²) in [6.07, 6.45) is 4.38. The summed E-state index contributed by atoms with van der Waals surface area (Å²) in [5, 5.41) is 5.95. The SMILES string of the molecule is O=C(CN(Cc1ccc(C(=O)NC2CC2)cc1)C1CC1)Nc1ccc2c(c1)OCO2. The number of rotatable bonds is 8. The molecule has 5 rings (SSSR count). The zero-order chi connectivity index (χ0) is 20.5. The van der Waals surface area contributed by atoms with Crippen molar-refractivity contribution in [2.24, 2.45) is 0 Å². The number of hydrogen-bond acceptors (Lipinski definition) is 5. The van der Waals surface area contributed by atoms with Gasteiger partial charge in [0, 0.05) is 35.9 Å². The summed E-state index contributed by atoms with van der Waals surface area (Å²) in [6.45, 7) is 1.22. The third kappa shape index (κ3) is 4.57. The van der Waals surface area contributed by atoms with Crippen LogP contribution in [0.4, 0.5) is 5.69 Å². The van der Waals surface area contributed by atoms with E-state index in [0.29, 0.717) is 47.9 Å². The molecule has 2 aromatic carbocycles. The second-order valence-corrected chi connectivity index (χ2v) is 8.20. The number of benzene rings is 2. The molecule has 0 saturated heterocycles. The van der Waals surface area contributed by atoms with Gasteiger partial charge in [0.2, 0.25) is 12.7 Å². The first-order chi connectivity index (χ1) is 14.6. The van der Waals surface area contributed by atoms with Gasteiger partial charge in [-0.1, -0.05) is 12.1 Å². The third-order valence-electron chi connectivity index (χ3n) is 5.58. The molecule has 156 valence electrons. The van der Waals surface area contributed by atoms with Gasteiger partial charge in [0.1, 0.15) is 0 Å². The fraction of sp³-hybridized carbons (Fsp3) is 0.391. The van der Waals surface area contributed by atoms with Crippen LogP contribution in [0, 0.1) is 0 Å². The van der Waals surface area contributed by atoms with E-state index >= 15 is 0 Å². The fourth-order valence-corrected chi connectivity index (χ4v) is 3.61. The molecule has 2 aliphatic carbocycles. The van der Waals surface area contributed by atoms with Crippen LogP contribution in [0.5, 0.6) is 11.5 Å². The summed E-state index contributed by atoms with van der Waals surface area (Å²) in [6, 6.07) is 13.9. The Balaban J connectivity index is 1.18. The molecule has 0 aromatic heterocycles. The van der Waals surface area contributed by atoms with E-state index in [1.54, 1.807) is 12.1 Å². The molecule has 7 heteroatoms. The fourth-order valence-electron chi connectivity index (χ4n) is 3.61. The highest BCUT2D eigenvalue weighted by Gasteiger charge is 2.30. The minimum Gasteiger partial charge on any atom is -0.454 e. The molecular formula is C23H25N3O4. The predicted octanol–water partition coefficient (Wildman–Crippen LogP) is 2.91. The van der Waals surface area contributed by atoms with Crippen molar-refractivity contribution in [2.75, 3.05) is 18.7 Å². The lowest BCUT2D eigenvalue weighted by atomic mass is 10.1. The van der Waals surface area contributed by atoms with Crippen molar-refractivity contribution in [1.29, 1.82) is 0 Å². The maximum absolute atomic E-state index is 12.6. The van der Waals surface area contributed by atoms with Gasteiger partial charge < -0.3 is 20.1 Å². The van der Waals surface area contributed by atoms with Gasteiger partial charge in [-0.15, -0.1) is 0 Å². The van der Waals surface area contributed by atoms with Crippen LogP contribution in [0.3, 0.4) is 0 Å². The number of carbonyl (C=O) groups excluding carboxylic acids is 2. The third-order valence-corrected chi connectivity index (χ3v) is 5.58. The molecule has 0 unspecified atom stereocenters. The number of hydrogen-bond donors (Lipinski definition) is 2. The first kappa shape index (κ1) is 18.9. The molecule has 7 nitrogen and oxygen atoms in total. The number of fused-ring (bicyclic) bond motifs is 1. The van der Waals surface area contributed by atoms with E-state index < -0.39 is 0 Å². The highest BCUT2D eigenvalue weighted by Crippen LogP contribution is 2.34. The van der Waals surface area contributed by atoms with Crippen molar-refractivity contribution in [3.05, 3.63) is 53.6 Å². The molecule has 2 saturated carbocycles. The smallest absolute Gasteiger partial charge is 0.251 e. The first-order valence-electron chi connectivity index (χ1n) is 10.5. The molecule has 2 fully saturated rings. The second-order valence-electron chi connectivity index (χ2n) is 8.20. The van der Waals surface area contributed by atoms with Crippen LogP contribution in [-0.2, 0) is 11.3 Å². The largest absolute Gasteiger partial charge is 0.454 e. The Hall–Kier alpha value is -3.06. The Labute approximate surface area is 175 Å². The van der Waals surface area contributed by atoms with E-state index in [0.717, 1.165) is 31.2 Å². The van der Waals surface area contributed by atoms with Crippen LogP contribution in [0.25, 0.3) is 0 Å². The summed E-state index contributed by atoms with van der Waals surface area (Å²) in [5.41, 5.74) is 2.48. The quantitative estimate of drug-likeness (QED) is 0.703. The Morgan fingerprint density at radius 1 is 0.967 bits per heavy atom. The summed E-state index contributed by atoms with van der Waals surface area (Å²) in [5.74, 6) is 1.28. The van der Waals surface area contributed by atoms with Crippen LogP contribution >= 0.6 is 0 Å². The maximum atomic E-state index is 12.6. The molecule has 2 aromatic rings. The monoisotopic (exact) mass is 407 g/mol. The van der Waals surface area contributed by atoms with Crippen LogP contribution in [0.1, 0.15) is 41.6 Å². The van der Waals surface area contributed by atoms with Crippen molar-refractivity contribution in [2.45, 2.75) is 44.3 Å². The topological polar surface area (TPSA) is 79.9 Å². The Bertz CT molecular complexity index is 951. The van der Waals surface area contributed by atoms with Crippen LogP contribution in [-0.4, -0.2) is 42.1 Å². The minimum atomic E-state index is -0.0544. The molecule has 0 spiro atoms. The highest BCUT2D eigenvalue weighted by molar-refractivity contribution is 5.94. The number of carbonyl (C=O) groups is 2. The van der Waals surface area contributed by atoms with Crippen molar-refractivity contribution >= 4 is 17.5 Å². The number of ether oxygens (including phenoxy) is 2. The van der Waals surface area contributed by atoms with E-state index in [1.165, 1.54) is 0 Å². The van der Waals surface area contributed by atoms with Gasteiger partial charge in [-0.25, -0.2) is 0 Å². The predicted molar refractivity (Wildman–Crippen MR) is 112 cm³/mol. The lowest BCUT2D eigenvalue weighted by Gasteiger charge is -2.21. The molecule has 3 aliphatic rings. The van der Waals surface area contributed by atoms with Gasteiger partial charge in [-0.05, 0) is 55.5 Å². The molecule has 2 N–H and O–H groups in total. The van der Waals surface area contributed by atoms with Crippen molar-refractivity contribution in [3.8, 4) is 11.5 Å². The molecule has 0 radical (unpaired) electrons. The number of anilines is 1. The maximum Gasteiger partial charge on any atom is 0.251 e. The van der Waals surface area contributed by atoms with Crippen LogP contribution in [0.15, 0.2) is 42.5 Å². The molecule has 0 atom stereocenters. The normalized spacial score (nSPS) is 17.1. The zero-order valence-corrected chi connectivity index (χ0v) is 16.7. The van der Waals surface area contributed by atoms with E-state index in [1.807, 2.05) is 30.3 Å². The van der Waals surface area contributed by atoms with Gasteiger partial charge in [0.25, 0.3) is 5.91 Å². The van der Waals surface area contributed by atoms with Crippen molar-refractivity contribution in [3.63, 3.8) is 0 Å². The highest BCUT2D eigenvalue weighted by atomic mass is 16.7. The number of nitrogens with one attached hydrogen (secondary N) is 2. The van der Waals surface area contributed by atoms with Gasteiger partial charge in [0.15, 0.2) is 11.5 Å². The van der Waals surface area contributed by atoms with Crippen molar-refractivity contribution < 1.29 is 19.1 Å². The Kier molecular flexibility index (Phi) is 5.04. The van der Waals surface area contributed by atoms with Crippen LogP contribution in [0.2, 0.25) is 0 Å². The van der Waals surface area contributed by atoms with E-state index in [-0.39, 0.29) is 18.6 Å². The van der Waals surface area contributed by atoms with Gasteiger partial charge in [-0.2, -0.15) is 0 Å². The van der Waals surface area contributed by atoms with E-state index in [4.69, 9.17) is 9.47 Å². The standard InChI is InChI=1S/C23H25N3O4/c27-22(24-18-7-10-20-21(11-18)30-14-29-20)13-26(19-8-9-19)12-15-1-3-16(4-2-15)23(28)25-17-5-6-17/h1-4,7,10-11,17,19H,5-6,8-9,12-14H2,(H,24,27)(H,25,28). The average Bonchev–Trinajstić information content (AvgIpc) is 3.67. The van der Waals surface area contributed by atoms with Gasteiger partial charge in [0.05, 0.1) is 6.54 Å². The Morgan fingerprint density at radius 3 is 2.47 bits per heavy atom. The summed E-state index contributed by atoms with van der Waals surface area (Å²) < 4.78 is 10.7. The first-order valence-corrected chi connectivity index (χ1v) is 10.5. The molecule has 30 heavy (non-hydrogen) atoms. The van der Waals surface area contributed by atoms with Crippen molar-refractivity contribution in [1.82, 2.24) is 10.2 Å². The summed E-state index contributed by atoms with van der Waals surface area (Å²) in [7, 11) is 0. The molecule has 0 bridgehead atoms. The van der Waals surface area contributed by atoms with Gasteiger partial charge >= 0.3 is 0 Å². The lowest BCUT2D eigenvalue weighted by Crippen LogP contribution is -2.34. The van der Waals surface area contributed by atoms with Gasteiger partial charge in [-0.3, -0.25) is 14.5 Å². The Morgan fingerprint density at radius 2 is 1.73 bits per heavy atom. The van der Waals surface area contributed by atoms with E-state index in [2.05, 4.69) is 15.5 Å². The summed E-state index contributed by atoms with van der Waals surface area (Å²) >= 11 is 0. The van der Waals surface area contributed by atoms with Crippen LogP contribution < -0.4 is 20.1 Å². The summed E-state index contributed by atoms with van der Waals surface area (Å²) in [4.78, 5) is 27.0. The van der Waals surface area contributed by atoms with E-state index in [9.17, 15) is 9.59 Å². The molecular weight excluding hydrogens is 382 g/mol. The number of amides is 2.